The summed E-state index contributed by atoms with van der Waals surface area (Å²) in [5, 5.41) is 0. The Morgan fingerprint density at radius 2 is 1.50 bits per heavy atom. The number of allylic oxidation sites excluding steroid dienone is 12. The molecular weight excluding hydrogens is 532 g/mol. The van der Waals surface area contributed by atoms with Crippen molar-refractivity contribution in [2.45, 2.75) is 38.3 Å². The maximum atomic E-state index is 4.98. The second-order valence-corrected chi connectivity index (χ2v) is 13.0. The van der Waals surface area contributed by atoms with Gasteiger partial charge in [-0.25, -0.2) is 0 Å². The van der Waals surface area contributed by atoms with Crippen molar-refractivity contribution in [2.24, 2.45) is 22.7 Å². The van der Waals surface area contributed by atoms with E-state index in [-0.39, 0.29) is 23.4 Å². The maximum absolute atomic E-state index is 4.98. The van der Waals surface area contributed by atoms with E-state index >= 15 is 0 Å². The standard InChI is InChI=1S/C42H38N2/c1-28-13-12-19-36-40(31-14-6-4-7-15-31)35-18-10-11-20-37(35)42(3,41(28)36)33-24-21-30(22-25-33)32-23-26-38-39(27-32)44(29(2)43-38)34-16-8-5-9-17-34/h4-28,37-39,41H,1-3H3. The second-order valence-electron chi connectivity index (χ2n) is 13.0. The van der Waals surface area contributed by atoms with Crippen molar-refractivity contribution in [3.05, 3.63) is 174 Å². The lowest BCUT2D eigenvalue weighted by Crippen LogP contribution is -2.47. The van der Waals surface area contributed by atoms with E-state index in [2.05, 4.69) is 171 Å². The fourth-order valence-electron chi connectivity index (χ4n) is 8.56. The summed E-state index contributed by atoms with van der Waals surface area (Å²) in [5.41, 5.74) is 10.6. The molecule has 0 bridgehead atoms. The highest BCUT2D eigenvalue weighted by Gasteiger charge is 2.51. The van der Waals surface area contributed by atoms with Crippen LogP contribution in [0.15, 0.2) is 162 Å². The zero-order valence-corrected chi connectivity index (χ0v) is 25.6. The van der Waals surface area contributed by atoms with E-state index in [0.717, 1.165) is 5.84 Å². The van der Waals surface area contributed by atoms with Gasteiger partial charge in [0.25, 0.3) is 0 Å². The molecule has 6 unspecified atom stereocenters. The largest absolute Gasteiger partial charge is 0.321 e. The van der Waals surface area contributed by atoms with Gasteiger partial charge in [-0.1, -0.05) is 147 Å². The SMILES string of the molecule is CC1=NC2C=CC(c3ccc(C4(C)C5C=CC=CC5=C(c5ccccc5)C5=CC=CC(C)C54)cc3)=CC2N1c1ccccc1. The molecular formula is C42H38N2. The smallest absolute Gasteiger partial charge is 0.102 e. The number of para-hydroxylation sites is 1. The lowest BCUT2D eigenvalue weighted by molar-refractivity contribution is 0.230. The predicted octanol–water partition coefficient (Wildman–Crippen LogP) is 9.53. The van der Waals surface area contributed by atoms with Gasteiger partial charge in [-0.15, -0.1) is 0 Å². The lowest BCUT2D eigenvalue weighted by atomic mass is 9.50. The minimum absolute atomic E-state index is 0.0915. The van der Waals surface area contributed by atoms with Crippen LogP contribution in [0.25, 0.3) is 11.1 Å². The first-order valence-corrected chi connectivity index (χ1v) is 16.0. The van der Waals surface area contributed by atoms with Crippen molar-refractivity contribution in [3.8, 4) is 0 Å². The van der Waals surface area contributed by atoms with Crippen LogP contribution in [0.5, 0.6) is 0 Å². The molecule has 3 aromatic rings. The van der Waals surface area contributed by atoms with Gasteiger partial charge in [0, 0.05) is 22.9 Å². The van der Waals surface area contributed by atoms with Crippen LogP contribution >= 0.6 is 0 Å². The highest BCUT2D eigenvalue weighted by atomic mass is 15.3. The summed E-state index contributed by atoms with van der Waals surface area (Å²) in [5.74, 6) is 2.15. The molecule has 1 aliphatic heterocycles. The minimum Gasteiger partial charge on any atom is -0.321 e. The monoisotopic (exact) mass is 570 g/mol. The molecule has 44 heavy (non-hydrogen) atoms. The van der Waals surface area contributed by atoms with Crippen molar-refractivity contribution in [3.63, 3.8) is 0 Å². The Hall–Kier alpha value is -4.69. The molecule has 1 heterocycles. The molecule has 0 saturated carbocycles. The molecule has 2 heteroatoms. The van der Waals surface area contributed by atoms with Gasteiger partial charge in [0.2, 0.25) is 0 Å². The van der Waals surface area contributed by atoms with Crippen LogP contribution in [0.2, 0.25) is 0 Å². The van der Waals surface area contributed by atoms with Crippen molar-refractivity contribution in [1.82, 2.24) is 0 Å². The summed E-state index contributed by atoms with van der Waals surface area (Å²) in [6.45, 7) is 7.03. The summed E-state index contributed by atoms with van der Waals surface area (Å²) in [7, 11) is 0. The summed E-state index contributed by atoms with van der Waals surface area (Å²) in [4.78, 5) is 7.35. The summed E-state index contributed by atoms with van der Waals surface area (Å²) in [6, 6.07) is 31.5. The number of benzene rings is 3. The molecule has 216 valence electrons. The van der Waals surface area contributed by atoms with Gasteiger partial charge in [0.15, 0.2) is 0 Å². The van der Waals surface area contributed by atoms with E-state index < -0.39 is 0 Å². The Morgan fingerprint density at radius 1 is 0.750 bits per heavy atom. The third-order valence-electron chi connectivity index (χ3n) is 10.5. The van der Waals surface area contributed by atoms with Crippen molar-refractivity contribution < 1.29 is 0 Å². The summed E-state index contributed by atoms with van der Waals surface area (Å²) >= 11 is 0. The molecule has 0 fully saturated rings. The first-order chi connectivity index (χ1) is 21.5. The van der Waals surface area contributed by atoms with Crippen LogP contribution < -0.4 is 4.90 Å². The normalized spacial score (nSPS) is 29.9. The first kappa shape index (κ1) is 26.9. The Balaban J connectivity index is 1.19. The third-order valence-corrected chi connectivity index (χ3v) is 10.5. The molecule has 6 atom stereocenters. The quantitative estimate of drug-likeness (QED) is 0.305. The predicted molar refractivity (Wildman–Crippen MR) is 186 cm³/mol. The first-order valence-electron chi connectivity index (χ1n) is 16.0. The lowest BCUT2D eigenvalue weighted by Gasteiger charge is -2.53. The van der Waals surface area contributed by atoms with Gasteiger partial charge in [0.1, 0.15) is 5.84 Å². The molecule has 8 rings (SSSR count). The van der Waals surface area contributed by atoms with Crippen molar-refractivity contribution in [2.75, 3.05) is 4.90 Å². The summed E-state index contributed by atoms with van der Waals surface area (Å²) < 4.78 is 0. The molecule has 0 N–H and O–H groups in total. The van der Waals surface area contributed by atoms with E-state index in [9.17, 15) is 0 Å². The van der Waals surface area contributed by atoms with Gasteiger partial charge in [0.05, 0.1) is 12.1 Å². The van der Waals surface area contributed by atoms with E-state index in [4.69, 9.17) is 4.99 Å². The average Bonchev–Trinajstić information content (AvgIpc) is 3.40. The number of rotatable bonds is 4. The highest BCUT2D eigenvalue weighted by molar-refractivity contribution is 6.00. The van der Waals surface area contributed by atoms with Gasteiger partial charge in [-0.2, -0.15) is 0 Å². The number of fused-ring (bicyclic) bond motifs is 3. The third kappa shape index (κ3) is 4.12. The summed E-state index contributed by atoms with van der Waals surface area (Å²) in [6.07, 6.45) is 23.3. The van der Waals surface area contributed by atoms with Crippen LogP contribution in [-0.4, -0.2) is 17.9 Å². The molecule has 5 aliphatic rings. The van der Waals surface area contributed by atoms with Gasteiger partial charge < -0.3 is 4.90 Å². The molecule has 0 amide bonds. The number of nitrogens with zero attached hydrogens (tertiary/aromatic N) is 2. The van der Waals surface area contributed by atoms with Crippen LogP contribution in [-0.2, 0) is 5.41 Å². The Labute approximate surface area is 261 Å². The Bertz CT molecular complexity index is 1850. The number of anilines is 1. The fourth-order valence-corrected chi connectivity index (χ4v) is 8.56. The van der Waals surface area contributed by atoms with Gasteiger partial charge in [-0.05, 0) is 64.0 Å². The van der Waals surface area contributed by atoms with Gasteiger partial charge >= 0.3 is 0 Å². The van der Waals surface area contributed by atoms with E-state index in [1.165, 1.54) is 44.7 Å². The second kappa shape index (κ2) is 10.5. The van der Waals surface area contributed by atoms with Crippen molar-refractivity contribution in [1.29, 1.82) is 0 Å². The number of hydrogen-bond donors (Lipinski definition) is 0. The minimum atomic E-state index is -0.0915. The molecule has 3 aromatic carbocycles. The molecule has 4 aliphatic carbocycles. The highest BCUT2D eigenvalue weighted by Crippen LogP contribution is 2.59. The number of aliphatic imine (C=N–C) groups is 1. The maximum Gasteiger partial charge on any atom is 0.102 e. The fraction of sp³-hybridized carbons (Fsp3) is 0.214. The van der Waals surface area contributed by atoms with E-state index in [0.29, 0.717) is 11.8 Å². The van der Waals surface area contributed by atoms with Crippen LogP contribution in [0, 0.1) is 17.8 Å². The van der Waals surface area contributed by atoms with Crippen LogP contribution in [0.3, 0.4) is 0 Å². The molecule has 2 nitrogen and oxygen atoms in total. The van der Waals surface area contributed by atoms with Crippen molar-refractivity contribution >= 4 is 22.7 Å². The van der Waals surface area contributed by atoms with Crippen LogP contribution in [0.4, 0.5) is 5.69 Å². The zero-order chi connectivity index (χ0) is 29.8. The molecule has 0 aromatic heterocycles. The Morgan fingerprint density at radius 3 is 2.27 bits per heavy atom. The number of amidine groups is 1. The van der Waals surface area contributed by atoms with E-state index in [1.54, 1.807) is 0 Å². The Kier molecular flexibility index (Phi) is 6.41. The van der Waals surface area contributed by atoms with E-state index in [1.807, 2.05) is 0 Å². The van der Waals surface area contributed by atoms with Gasteiger partial charge in [-0.3, -0.25) is 4.99 Å². The average molecular weight is 571 g/mol. The molecule has 0 saturated heterocycles. The zero-order valence-electron chi connectivity index (χ0n) is 25.6. The molecule has 0 spiro atoms. The topological polar surface area (TPSA) is 15.6 Å². The molecule has 0 radical (unpaired) electrons. The van der Waals surface area contributed by atoms with Crippen LogP contribution in [0.1, 0.15) is 37.5 Å². The number of hydrogen-bond acceptors (Lipinski definition) is 2.